The van der Waals surface area contributed by atoms with Crippen molar-refractivity contribution in [1.29, 1.82) is 0 Å². The summed E-state index contributed by atoms with van der Waals surface area (Å²) in [7, 11) is 0. The van der Waals surface area contributed by atoms with Gasteiger partial charge in [0, 0.05) is 23.3 Å². The molecule has 1 aromatic carbocycles. The molecule has 1 N–H and O–H groups in total. The maximum absolute atomic E-state index is 4.80. The van der Waals surface area contributed by atoms with Crippen LogP contribution in [-0.4, -0.2) is 11.5 Å². The molecule has 0 saturated heterocycles. The Hall–Kier alpha value is -1.57. The van der Waals surface area contributed by atoms with E-state index < -0.39 is 0 Å². The van der Waals surface area contributed by atoms with Gasteiger partial charge in [-0.3, -0.25) is 4.98 Å². The second kappa shape index (κ2) is 5.60. The lowest BCUT2D eigenvalue weighted by molar-refractivity contribution is 0.968. The lowest BCUT2D eigenvalue weighted by Gasteiger charge is -2.18. The average Bonchev–Trinajstić information content (AvgIpc) is 2.34. The molecule has 2 heteroatoms. The monoisotopic (exact) mass is 256 g/mol. The minimum Gasteiger partial charge on any atom is -0.384 e. The van der Waals surface area contributed by atoms with E-state index in [0.29, 0.717) is 0 Å². The van der Waals surface area contributed by atoms with Gasteiger partial charge in [0.25, 0.3) is 0 Å². The number of rotatable bonds is 4. The van der Waals surface area contributed by atoms with Crippen molar-refractivity contribution in [3.63, 3.8) is 0 Å². The van der Waals surface area contributed by atoms with E-state index >= 15 is 0 Å². The zero-order chi connectivity index (χ0) is 14.0. The molecule has 2 rings (SSSR count). The van der Waals surface area contributed by atoms with E-state index in [1.165, 1.54) is 27.8 Å². The molecule has 0 amide bonds. The largest absolute Gasteiger partial charge is 0.384 e. The smallest absolute Gasteiger partial charge is 0.0731 e. The molecule has 0 unspecified atom stereocenters. The molecule has 0 radical (unpaired) electrons. The Kier molecular flexibility index (Phi) is 4.08. The predicted molar refractivity (Wildman–Crippen MR) is 84.1 cm³/mol. The standard InChI is InChI=1S/C17H24N2/c1-6-8-18-17-14(7-2)13(5)19-15-10-11(3)9-12(4)16(15)17/h9-10H,6-8H2,1-5H3,(H,18,19). The van der Waals surface area contributed by atoms with Crippen molar-refractivity contribution >= 4 is 16.6 Å². The summed E-state index contributed by atoms with van der Waals surface area (Å²) in [6, 6.07) is 4.43. The molecule has 102 valence electrons. The van der Waals surface area contributed by atoms with Crippen molar-refractivity contribution in [3.05, 3.63) is 34.5 Å². The third-order valence-corrected chi connectivity index (χ3v) is 3.64. The molecule has 0 aliphatic rings. The van der Waals surface area contributed by atoms with Crippen molar-refractivity contribution in [2.45, 2.75) is 47.5 Å². The number of aryl methyl sites for hydroxylation is 3. The molecule has 1 heterocycles. The number of fused-ring (bicyclic) bond motifs is 1. The zero-order valence-electron chi connectivity index (χ0n) is 12.7. The van der Waals surface area contributed by atoms with E-state index in [-0.39, 0.29) is 0 Å². The number of benzene rings is 1. The highest BCUT2D eigenvalue weighted by Crippen LogP contribution is 2.32. The Morgan fingerprint density at radius 3 is 2.47 bits per heavy atom. The Morgan fingerprint density at radius 1 is 1.11 bits per heavy atom. The van der Waals surface area contributed by atoms with Gasteiger partial charge >= 0.3 is 0 Å². The highest BCUT2D eigenvalue weighted by Gasteiger charge is 2.13. The molecule has 2 aromatic rings. The molecule has 0 bridgehead atoms. The van der Waals surface area contributed by atoms with Gasteiger partial charge < -0.3 is 5.32 Å². The fourth-order valence-corrected chi connectivity index (χ4v) is 2.82. The van der Waals surface area contributed by atoms with Crippen molar-refractivity contribution < 1.29 is 0 Å². The first kappa shape index (κ1) is 13.9. The van der Waals surface area contributed by atoms with Gasteiger partial charge in [-0.1, -0.05) is 19.9 Å². The highest BCUT2D eigenvalue weighted by atomic mass is 14.9. The number of anilines is 1. The van der Waals surface area contributed by atoms with Crippen LogP contribution in [-0.2, 0) is 6.42 Å². The molecule has 0 fully saturated rings. The van der Waals surface area contributed by atoms with Crippen LogP contribution in [0.1, 0.15) is 42.7 Å². The number of hydrogen-bond acceptors (Lipinski definition) is 2. The topological polar surface area (TPSA) is 24.9 Å². The molecule has 0 spiro atoms. The summed E-state index contributed by atoms with van der Waals surface area (Å²) in [6.45, 7) is 11.9. The molecule has 1 aromatic heterocycles. The summed E-state index contributed by atoms with van der Waals surface area (Å²) >= 11 is 0. The van der Waals surface area contributed by atoms with Crippen molar-refractivity contribution in [3.8, 4) is 0 Å². The van der Waals surface area contributed by atoms with Gasteiger partial charge in [0.2, 0.25) is 0 Å². The fourth-order valence-electron chi connectivity index (χ4n) is 2.82. The summed E-state index contributed by atoms with van der Waals surface area (Å²) in [5.74, 6) is 0. The quantitative estimate of drug-likeness (QED) is 0.868. The van der Waals surface area contributed by atoms with E-state index in [1.54, 1.807) is 0 Å². The lowest BCUT2D eigenvalue weighted by atomic mass is 9.99. The van der Waals surface area contributed by atoms with E-state index in [0.717, 1.165) is 30.6 Å². The molecule has 0 atom stereocenters. The average molecular weight is 256 g/mol. The van der Waals surface area contributed by atoms with Crippen LogP contribution in [0.15, 0.2) is 12.1 Å². The Labute approximate surface area is 116 Å². The highest BCUT2D eigenvalue weighted by molar-refractivity contribution is 5.96. The minimum atomic E-state index is 1.01. The van der Waals surface area contributed by atoms with Crippen LogP contribution >= 0.6 is 0 Å². The second-order valence-corrected chi connectivity index (χ2v) is 5.31. The SMILES string of the molecule is CCCNc1c(CC)c(C)nc2cc(C)cc(C)c12. The summed E-state index contributed by atoms with van der Waals surface area (Å²) < 4.78 is 0. The lowest BCUT2D eigenvalue weighted by Crippen LogP contribution is -2.07. The Morgan fingerprint density at radius 2 is 1.84 bits per heavy atom. The molecule has 19 heavy (non-hydrogen) atoms. The van der Waals surface area contributed by atoms with Gasteiger partial charge in [0.15, 0.2) is 0 Å². The molecule has 0 aliphatic carbocycles. The molecule has 2 nitrogen and oxygen atoms in total. The van der Waals surface area contributed by atoms with Gasteiger partial charge in [0.1, 0.15) is 0 Å². The normalized spacial score (nSPS) is 11.0. The van der Waals surface area contributed by atoms with E-state index in [4.69, 9.17) is 4.98 Å². The van der Waals surface area contributed by atoms with Crippen LogP contribution in [0.5, 0.6) is 0 Å². The number of nitrogens with one attached hydrogen (secondary N) is 1. The predicted octanol–water partition coefficient (Wildman–Crippen LogP) is 4.54. The minimum absolute atomic E-state index is 1.01. The van der Waals surface area contributed by atoms with Gasteiger partial charge in [-0.25, -0.2) is 0 Å². The van der Waals surface area contributed by atoms with Crippen molar-refractivity contribution in [2.24, 2.45) is 0 Å². The fraction of sp³-hybridized carbons (Fsp3) is 0.471. The molecular formula is C17H24N2. The van der Waals surface area contributed by atoms with Crippen LogP contribution < -0.4 is 5.32 Å². The molecular weight excluding hydrogens is 232 g/mol. The maximum atomic E-state index is 4.80. The van der Waals surface area contributed by atoms with Crippen LogP contribution in [0.3, 0.4) is 0 Å². The summed E-state index contributed by atoms with van der Waals surface area (Å²) in [5.41, 5.74) is 7.51. The van der Waals surface area contributed by atoms with Crippen LogP contribution in [0.25, 0.3) is 10.9 Å². The molecule has 0 saturated carbocycles. The molecule has 0 aliphatic heterocycles. The Balaban J connectivity index is 2.77. The van der Waals surface area contributed by atoms with Gasteiger partial charge in [-0.15, -0.1) is 0 Å². The number of pyridine rings is 1. The third-order valence-electron chi connectivity index (χ3n) is 3.64. The van der Waals surface area contributed by atoms with Crippen LogP contribution in [0.2, 0.25) is 0 Å². The number of nitrogens with zero attached hydrogens (tertiary/aromatic N) is 1. The summed E-state index contributed by atoms with van der Waals surface area (Å²) in [5, 5.41) is 4.91. The van der Waals surface area contributed by atoms with Gasteiger partial charge in [0.05, 0.1) is 5.52 Å². The van der Waals surface area contributed by atoms with Gasteiger partial charge in [-0.05, 0) is 56.4 Å². The van der Waals surface area contributed by atoms with Gasteiger partial charge in [-0.2, -0.15) is 0 Å². The van der Waals surface area contributed by atoms with Crippen molar-refractivity contribution in [1.82, 2.24) is 4.98 Å². The maximum Gasteiger partial charge on any atom is 0.0731 e. The third kappa shape index (κ3) is 2.58. The van der Waals surface area contributed by atoms with E-state index in [2.05, 4.69) is 52.1 Å². The van der Waals surface area contributed by atoms with E-state index in [9.17, 15) is 0 Å². The second-order valence-electron chi connectivity index (χ2n) is 5.31. The number of hydrogen-bond donors (Lipinski definition) is 1. The van der Waals surface area contributed by atoms with Crippen molar-refractivity contribution in [2.75, 3.05) is 11.9 Å². The van der Waals surface area contributed by atoms with E-state index in [1.807, 2.05) is 0 Å². The first-order valence-electron chi connectivity index (χ1n) is 7.22. The zero-order valence-corrected chi connectivity index (χ0v) is 12.7. The van der Waals surface area contributed by atoms with Crippen LogP contribution in [0.4, 0.5) is 5.69 Å². The first-order valence-corrected chi connectivity index (χ1v) is 7.22. The summed E-state index contributed by atoms with van der Waals surface area (Å²) in [4.78, 5) is 4.80. The first-order chi connectivity index (χ1) is 9.08. The van der Waals surface area contributed by atoms with Crippen LogP contribution in [0, 0.1) is 20.8 Å². The summed E-state index contributed by atoms with van der Waals surface area (Å²) in [6.07, 6.45) is 2.16. The number of aromatic nitrogens is 1. The Bertz CT molecular complexity index is 600.